The van der Waals surface area contributed by atoms with E-state index in [0.29, 0.717) is 10.9 Å². The van der Waals surface area contributed by atoms with E-state index in [1.54, 1.807) is 19.1 Å². The number of rotatable bonds is 4. The summed E-state index contributed by atoms with van der Waals surface area (Å²) in [6.07, 6.45) is 1.32. The summed E-state index contributed by atoms with van der Waals surface area (Å²) < 4.78 is 19.0. The zero-order valence-corrected chi connectivity index (χ0v) is 14.6. The Morgan fingerprint density at radius 2 is 2.19 bits per heavy atom. The van der Waals surface area contributed by atoms with E-state index in [2.05, 4.69) is 20.3 Å². The minimum absolute atomic E-state index is 0.0895. The third-order valence-electron chi connectivity index (χ3n) is 3.78. The number of hydrogen-bond donors (Lipinski definition) is 2. The van der Waals surface area contributed by atoms with Gasteiger partial charge >= 0.3 is 0 Å². The van der Waals surface area contributed by atoms with Gasteiger partial charge in [-0.15, -0.1) is 0 Å². The zero-order valence-electron chi connectivity index (χ0n) is 13.8. The van der Waals surface area contributed by atoms with E-state index >= 15 is 0 Å². The number of aromatic amines is 1. The fourth-order valence-electron chi connectivity index (χ4n) is 2.52. The van der Waals surface area contributed by atoms with Crippen molar-refractivity contribution in [1.82, 2.24) is 15.0 Å². The quantitative estimate of drug-likeness (QED) is 0.728. The molecular formula is C17H13ClFN5O2. The normalized spacial score (nSPS) is 11.8. The Hall–Kier alpha value is -3.18. The number of hydrogen-bond acceptors (Lipinski definition) is 6. The molecule has 2 N–H and O–H groups in total. The summed E-state index contributed by atoms with van der Waals surface area (Å²) in [4.78, 5) is 23.0. The summed E-state index contributed by atoms with van der Waals surface area (Å²) >= 11 is 5.88. The fraction of sp³-hybridized carbons (Fsp3) is 0.176. The molecule has 0 radical (unpaired) electrons. The number of fused-ring (bicyclic) bond motifs is 1. The van der Waals surface area contributed by atoms with Gasteiger partial charge in [0.1, 0.15) is 17.4 Å². The lowest BCUT2D eigenvalue weighted by Gasteiger charge is -2.15. The molecule has 7 nitrogen and oxygen atoms in total. The van der Waals surface area contributed by atoms with E-state index in [-0.39, 0.29) is 27.9 Å². The van der Waals surface area contributed by atoms with Crippen LogP contribution in [0.2, 0.25) is 5.02 Å². The summed E-state index contributed by atoms with van der Waals surface area (Å²) in [5, 5.41) is 12.6. The average Bonchev–Trinajstić information content (AvgIpc) is 2.61. The summed E-state index contributed by atoms with van der Waals surface area (Å²) in [6, 6.07) is 5.68. The number of H-pyrrole nitrogens is 1. The predicted octanol–water partition coefficient (Wildman–Crippen LogP) is 3.16. The van der Waals surface area contributed by atoms with Crippen LogP contribution in [-0.4, -0.2) is 22.1 Å². The highest BCUT2D eigenvalue weighted by Crippen LogP contribution is 2.24. The molecule has 0 unspecified atom stereocenters. The SMILES string of the molecule is COc1nc(N[C@@H](C)c2cc3cc(Cl)cc(F)c3[nH]c2=O)ncc1C#N. The van der Waals surface area contributed by atoms with Gasteiger partial charge in [-0.3, -0.25) is 4.79 Å². The molecule has 0 amide bonds. The largest absolute Gasteiger partial charge is 0.480 e. The van der Waals surface area contributed by atoms with Crippen molar-refractivity contribution in [3.8, 4) is 11.9 Å². The van der Waals surface area contributed by atoms with Crippen LogP contribution >= 0.6 is 11.6 Å². The first kappa shape index (κ1) is 17.6. The first-order chi connectivity index (χ1) is 12.4. The number of pyridine rings is 1. The molecule has 0 spiro atoms. The van der Waals surface area contributed by atoms with Gasteiger partial charge in [-0.1, -0.05) is 11.6 Å². The van der Waals surface area contributed by atoms with Crippen LogP contribution in [0.3, 0.4) is 0 Å². The first-order valence-electron chi connectivity index (χ1n) is 7.52. The highest BCUT2D eigenvalue weighted by Gasteiger charge is 2.15. The van der Waals surface area contributed by atoms with E-state index in [1.165, 1.54) is 13.3 Å². The Balaban J connectivity index is 1.98. The molecule has 9 heteroatoms. The minimum Gasteiger partial charge on any atom is -0.480 e. The summed E-state index contributed by atoms with van der Waals surface area (Å²) in [5.41, 5.74) is 0.191. The molecule has 1 aromatic carbocycles. The lowest BCUT2D eigenvalue weighted by Crippen LogP contribution is -2.20. The molecule has 1 atom stereocenters. The van der Waals surface area contributed by atoms with Crippen LogP contribution < -0.4 is 15.6 Å². The second-order valence-corrected chi connectivity index (χ2v) is 5.94. The van der Waals surface area contributed by atoms with Crippen molar-refractivity contribution in [2.75, 3.05) is 12.4 Å². The van der Waals surface area contributed by atoms with Gasteiger partial charge in [-0.2, -0.15) is 10.2 Å². The second kappa shape index (κ2) is 6.98. The Kier molecular flexibility index (Phi) is 4.73. The molecular weight excluding hydrogens is 361 g/mol. The highest BCUT2D eigenvalue weighted by molar-refractivity contribution is 6.31. The van der Waals surface area contributed by atoms with Crippen LogP contribution in [0.25, 0.3) is 10.9 Å². The van der Waals surface area contributed by atoms with Gasteiger partial charge in [0.25, 0.3) is 5.56 Å². The molecule has 0 saturated carbocycles. The lowest BCUT2D eigenvalue weighted by molar-refractivity contribution is 0.396. The van der Waals surface area contributed by atoms with Crippen LogP contribution in [0.4, 0.5) is 10.3 Å². The van der Waals surface area contributed by atoms with E-state index in [9.17, 15) is 9.18 Å². The number of nitriles is 1. The molecule has 132 valence electrons. The molecule has 0 fully saturated rings. The van der Waals surface area contributed by atoms with Gasteiger partial charge in [0.05, 0.1) is 24.9 Å². The van der Waals surface area contributed by atoms with Crippen molar-refractivity contribution in [2.45, 2.75) is 13.0 Å². The van der Waals surface area contributed by atoms with Crippen molar-refractivity contribution >= 4 is 28.5 Å². The Morgan fingerprint density at radius 3 is 2.88 bits per heavy atom. The third-order valence-corrected chi connectivity index (χ3v) is 4.00. The van der Waals surface area contributed by atoms with Crippen LogP contribution in [0.1, 0.15) is 24.1 Å². The van der Waals surface area contributed by atoms with Gasteiger partial charge in [0.2, 0.25) is 11.8 Å². The zero-order chi connectivity index (χ0) is 18.8. The predicted molar refractivity (Wildman–Crippen MR) is 94.9 cm³/mol. The Bertz CT molecular complexity index is 1090. The number of ether oxygens (including phenoxy) is 1. The number of nitrogens with one attached hydrogen (secondary N) is 2. The van der Waals surface area contributed by atoms with E-state index in [4.69, 9.17) is 21.6 Å². The van der Waals surface area contributed by atoms with Crippen molar-refractivity contribution < 1.29 is 9.13 Å². The van der Waals surface area contributed by atoms with Gasteiger partial charge in [0, 0.05) is 16.0 Å². The van der Waals surface area contributed by atoms with Crippen LogP contribution in [0.15, 0.2) is 29.2 Å². The van der Waals surface area contributed by atoms with Gasteiger partial charge < -0.3 is 15.0 Å². The molecule has 26 heavy (non-hydrogen) atoms. The number of benzene rings is 1. The maximum Gasteiger partial charge on any atom is 0.253 e. The topological polar surface area (TPSA) is 104 Å². The third kappa shape index (κ3) is 3.30. The maximum atomic E-state index is 13.9. The maximum absolute atomic E-state index is 13.9. The van der Waals surface area contributed by atoms with Gasteiger partial charge in [-0.25, -0.2) is 9.37 Å². The number of aromatic nitrogens is 3. The van der Waals surface area contributed by atoms with Crippen molar-refractivity contribution in [1.29, 1.82) is 5.26 Å². The van der Waals surface area contributed by atoms with Gasteiger partial charge in [-0.05, 0) is 25.1 Å². The smallest absolute Gasteiger partial charge is 0.253 e. The standard InChI is InChI=1S/C17H13ClFN5O2/c1-8(22-17-21-7-10(6-20)16(24-17)26-2)12-4-9-3-11(18)5-13(19)14(9)23-15(12)25/h3-5,7-8H,1-2H3,(H,23,25)(H,21,22,24)/t8-/m0/s1. The second-order valence-electron chi connectivity index (χ2n) is 5.50. The van der Waals surface area contributed by atoms with E-state index in [0.717, 1.165) is 6.07 Å². The van der Waals surface area contributed by atoms with Crippen molar-refractivity contribution in [3.63, 3.8) is 0 Å². The van der Waals surface area contributed by atoms with E-state index in [1.807, 2.05) is 6.07 Å². The number of methoxy groups -OCH3 is 1. The summed E-state index contributed by atoms with van der Waals surface area (Å²) in [5.74, 6) is -0.291. The number of halogens is 2. The van der Waals surface area contributed by atoms with E-state index < -0.39 is 17.4 Å². The molecule has 0 aliphatic rings. The fourth-order valence-corrected chi connectivity index (χ4v) is 2.73. The first-order valence-corrected chi connectivity index (χ1v) is 7.90. The molecule has 0 bridgehead atoms. The Morgan fingerprint density at radius 1 is 1.42 bits per heavy atom. The van der Waals surface area contributed by atoms with Gasteiger partial charge in [0.15, 0.2) is 0 Å². The van der Waals surface area contributed by atoms with Crippen LogP contribution in [0, 0.1) is 17.1 Å². The highest BCUT2D eigenvalue weighted by atomic mass is 35.5. The van der Waals surface area contributed by atoms with Crippen LogP contribution in [0.5, 0.6) is 5.88 Å². The number of nitrogens with zero attached hydrogens (tertiary/aromatic N) is 3. The molecule has 3 rings (SSSR count). The lowest BCUT2D eigenvalue weighted by atomic mass is 10.1. The summed E-state index contributed by atoms with van der Waals surface area (Å²) in [7, 11) is 1.39. The molecule has 0 aliphatic heterocycles. The molecule has 3 aromatic rings. The van der Waals surface area contributed by atoms with Crippen molar-refractivity contribution in [3.05, 3.63) is 56.7 Å². The molecule has 2 heterocycles. The molecule has 2 aromatic heterocycles. The van der Waals surface area contributed by atoms with Crippen molar-refractivity contribution in [2.24, 2.45) is 0 Å². The monoisotopic (exact) mass is 373 g/mol. The number of anilines is 1. The summed E-state index contributed by atoms with van der Waals surface area (Å²) in [6.45, 7) is 1.73. The minimum atomic E-state index is -0.600. The average molecular weight is 374 g/mol. The molecule has 0 saturated heterocycles. The van der Waals surface area contributed by atoms with Crippen LogP contribution in [-0.2, 0) is 0 Å². The Labute approximate surface area is 152 Å². The molecule has 0 aliphatic carbocycles.